The Kier molecular flexibility index (Phi) is 31.9. The molecule has 12 aromatic carbocycles. The summed E-state index contributed by atoms with van der Waals surface area (Å²) in [5.41, 5.74) is 4.16. The van der Waals surface area contributed by atoms with Crippen LogP contribution in [0.3, 0.4) is 0 Å². The Morgan fingerprint density at radius 1 is 0.191 bits per heavy atom. The summed E-state index contributed by atoms with van der Waals surface area (Å²) in [4.78, 5) is 0. The van der Waals surface area contributed by atoms with Gasteiger partial charge in [-0.15, -0.1) is 0 Å². The molecule has 12 rings (SSSR count). The molecule has 0 bridgehead atoms. The molecule has 0 aliphatic heterocycles. The first-order valence-corrected chi connectivity index (χ1v) is 37.8. The maximum Gasteiger partial charge on any atom is 0.116 e. The van der Waals surface area contributed by atoms with Crippen molar-refractivity contribution in [1.82, 2.24) is 0 Å². The Morgan fingerprint density at radius 2 is 0.281 bits per heavy atom. The molecule has 458 valence electrons. The van der Waals surface area contributed by atoms with Gasteiger partial charge in [0, 0.05) is 0 Å². The quantitative estimate of drug-likeness (QED) is 0.0581. The van der Waals surface area contributed by atoms with E-state index in [2.05, 4.69) is 364 Å². The van der Waals surface area contributed by atoms with E-state index in [9.17, 15) is 0 Å². The van der Waals surface area contributed by atoms with E-state index in [0.29, 0.717) is 0 Å². The van der Waals surface area contributed by atoms with Crippen LogP contribution in [0, 0.1) is 0 Å². The van der Waals surface area contributed by atoms with Gasteiger partial charge >= 0.3 is 33.2 Å². The second-order valence-corrected chi connectivity index (χ2v) is 32.8. The fraction of sp³-hybridized carbons (Fsp3) is 0.0400. The normalized spacial score (nSPS) is 10.5. The van der Waals surface area contributed by atoms with E-state index in [4.69, 9.17) is 13.2 Å². The van der Waals surface area contributed by atoms with Crippen molar-refractivity contribution in [3.05, 3.63) is 381 Å². The zero-order chi connectivity index (χ0) is 57.5. The van der Waals surface area contributed by atoms with E-state index in [1.807, 2.05) is 0 Å². The van der Waals surface area contributed by atoms with Crippen LogP contribution >= 0.6 is 21.8 Å². The van der Waals surface area contributed by atoms with Crippen LogP contribution in [0.4, 0.5) is 28.2 Å². The zero-order valence-electron chi connectivity index (χ0n) is 48.6. The minimum atomic E-state index is -6.10. The van der Waals surface area contributed by atoms with Crippen molar-refractivity contribution in [2.45, 2.75) is 18.5 Å². The summed E-state index contributed by atoms with van der Waals surface area (Å²) >= 11 is -6.10. The van der Waals surface area contributed by atoms with Gasteiger partial charge in [-0.1, -0.05) is 255 Å². The van der Waals surface area contributed by atoms with Gasteiger partial charge in [-0.3, -0.25) is 28.2 Å². The first kappa shape index (κ1) is 75.3. The molecule has 0 amide bonds. The fourth-order valence-corrected chi connectivity index (χ4v) is 23.6. The number of benzene rings is 12. The smallest absolute Gasteiger partial charge is 0.0622 e. The van der Waals surface area contributed by atoms with Gasteiger partial charge in [-0.05, 0) is 126 Å². The SMILES string of the molecule is F.F.F.F.F.F.[O]=[Sb]([O-])([O-])[O-].c1ccc(C[P+](c2ccccc2)(c2ccccc2)c2ccccc2)cc1.c1ccc(C[P+](c2ccccc2)(c2ccccc2)c2ccccc2)cc1.c1ccc(C[P+](c2ccccc2)(c2ccccc2)c2ccccc2)cc1. The van der Waals surface area contributed by atoms with Crippen molar-refractivity contribution in [3.8, 4) is 0 Å². The maximum absolute atomic E-state index is 8.64. The van der Waals surface area contributed by atoms with Crippen LogP contribution in [-0.2, 0) is 21.5 Å². The van der Waals surface area contributed by atoms with Gasteiger partial charge in [0.25, 0.3) is 0 Å². The third kappa shape index (κ3) is 19.8. The maximum atomic E-state index is 8.64. The number of hydrogen-bond donors (Lipinski definition) is 0. The van der Waals surface area contributed by atoms with E-state index in [1.165, 1.54) is 64.4 Å². The average molecular weight is 1370 g/mol. The van der Waals surface area contributed by atoms with Crippen LogP contribution in [0.1, 0.15) is 16.7 Å². The molecule has 0 atom stereocenters. The van der Waals surface area contributed by atoms with Crippen molar-refractivity contribution in [2.24, 2.45) is 0 Å². The van der Waals surface area contributed by atoms with E-state index in [0.717, 1.165) is 18.5 Å². The third-order valence-corrected chi connectivity index (χ3v) is 27.7. The molecule has 14 heteroatoms. The number of rotatable bonds is 15. The Hall–Kier alpha value is -7.99. The summed E-state index contributed by atoms with van der Waals surface area (Å²) in [6, 6.07) is 132. The third-order valence-electron chi connectivity index (χ3n) is 14.6. The predicted molar refractivity (Wildman–Crippen MR) is 367 cm³/mol. The largest absolute Gasteiger partial charge is 0.116 e. The minimum Gasteiger partial charge on any atom is -0.0622 e. The Labute approximate surface area is 526 Å². The predicted octanol–water partition coefficient (Wildman–Crippen LogP) is 12.4. The van der Waals surface area contributed by atoms with Crippen LogP contribution in [0.15, 0.2) is 364 Å². The molecule has 0 saturated carbocycles. The van der Waals surface area contributed by atoms with Crippen molar-refractivity contribution < 1.29 is 41.4 Å². The van der Waals surface area contributed by atoms with E-state index in [-0.39, 0.29) is 28.2 Å². The molecule has 0 aromatic heterocycles. The van der Waals surface area contributed by atoms with Gasteiger partial charge in [-0.25, -0.2) is 0 Å². The van der Waals surface area contributed by atoms with Gasteiger partial charge in [-0.2, -0.15) is 0 Å². The summed E-state index contributed by atoms with van der Waals surface area (Å²) in [7, 11) is -5.33. The summed E-state index contributed by atoms with van der Waals surface area (Å²) < 4.78 is 34.6. The molecule has 4 nitrogen and oxygen atoms in total. The van der Waals surface area contributed by atoms with E-state index < -0.39 is 41.8 Å². The monoisotopic (exact) mass is 1360 g/mol. The van der Waals surface area contributed by atoms with Gasteiger partial charge in [0.2, 0.25) is 0 Å². The molecular formula is C75H72F6O4P3Sb. The summed E-state index contributed by atoms with van der Waals surface area (Å²) in [6.45, 7) is 0. The fourth-order valence-electron chi connectivity index (χ4n) is 10.9. The van der Waals surface area contributed by atoms with Crippen LogP contribution in [0.25, 0.3) is 0 Å². The molecule has 0 saturated heterocycles. The van der Waals surface area contributed by atoms with Crippen molar-refractivity contribution in [1.29, 1.82) is 0 Å². The molecule has 0 spiro atoms. The van der Waals surface area contributed by atoms with Gasteiger partial charge in [0.15, 0.2) is 0 Å². The van der Waals surface area contributed by atoms with Gasteiger partial charge in [0.05, 0.1) is 18.5 Å². The summed E-state index contributed by atoms with van der Waals surface area (Å²) in [6.07, 6.45) is 3.10. The second-order valence-electron chi connectivity index (χ2n) is 19.8. The van der Waals surface area contributed by atoms with Gasteiger partial charge < -0.3 is 0 Å². The molecule has 0 unspecified atom stereocenters. The topological polar surface area (TPSA) is 86.2 Å². The van der Waals surface area contributed by atoms with Crippen LogP contribution in [0.5, 0.6) is 0 Å². The first-order valence-electron chi connectivity index (χ1n) is 27.7. The molecule has 89 heavy (non-hydrogen) atoms. The van der Waals surface area contributed by atoms with Crippen molar-refractivity contribution in [3.63, 3.8) is 0 Å². The van der Waals surface area contributed by atoms with Gasteiger partial charge in [0.1, 0.15) is 69.5 Å². The van der Waals surface area contributed by atoms with Crippen molar-refractivity contribution in [2.75, 3.05) is 0 Å². The van der Waals surface area contributed by atoms with Crippen LogP contribution < -0.4 is 57.9 Å². The molecule has 0 radical (unpaired) electrons. The molecule has 0 aliphatic rings. The number of hydrogen-bond acceptors (Lipinski definition) is 4. The molecule has 12 aromatic rings. The van der Waals surface area contributed by atoms with E-state index in [1.54, 1.807) is 0 Å². The molecule has 0 heterocycles. The summed E-state index contributed by atoms with van der Waals surface area (Å²) in [5, 5.41) is 12.9. The summed E-state index contributed by atoms with van der Waals surface area (Å²) in [5.74, 6) is 0. The molecule has 0 N–H and O–H groups in total. The average Bonchev–Trinajstić information content (AvgIpc) is 0.891. The van der Waals surface area contributed by atoms with Crippen LogP contribution in [0.2, 0.25) is 0 Å². The Balaban J connectivity index is 0.000000325. The van der Waals surface area contributed by atoms with Crippen LogP contribution in [-0.4, -0.2) is 20.1 Å². The molecular weight excluding hydrogens is 1290 g/mol. The first-order chi connectivity index (χ1) is 40.7. The molecule has 0 fully saturated rings. The number of halogens is 6. The minimum absolute atomic E-state index is 0. The zero-order valence-corrected chi connectivity index (χ0v) is 53.9. The standard InChI is InChI=1S/3C25H22P.6FH.4O.Sb/c3*1-5-13-22(14-6-1)21-26(23-15-7-2-8-16-23,24-17-9-3-10-18-24)25-19-11-4-12-20-25;;;;;;;;;;;/h3*1-20H,21H2;6*1H;;;;;/q3*+1;;;;;;;;3*-1;. The Morgan fingerprint density at radius 3 is 0.382 bits per heavy atom. The van der Waals surface area contributed by atoms with Crippen molar-refractivity contribution >= 4 is 89.6 Å². The second kappa shape index (κ2) is 37.8. The Bertz CT molecular complexity index is 3130. The van der Waals surface area contributed by atoms with E-state index >= 15 is 0 Å². The molecule has 0 aliphatic carbocycles.